The summed E-state index contributed by atoms with van der Waals surface area (Å²) in [5, 5.41) is 3.28. The highest BCUT2D eigenvalue weighted by Gasteiger charge is 2.10. The molecule has 0 radical (unpaired) electrons. The second kappa shape index (κ2) is 6.38. The van der Waals surface area contributed by atoms with Crippen LogP contribution in [0.2, 0.25) is 5.28 Å². The van der Waals surface area contributed by atoms with Crippen LogP contribution in [0.4, 0.5) is 11.9 Å². The molecule has 0 unspecified atom stereocenters. The third kappa shape index (κ3) is 3.57. The number of hydrogen-bond donors (Lipinski definition) is 1. The molecule has 2 aromatic heterocycles. The largest absolute Gasteiger partial charge is 0.472 e. The summed E-state index contributed by atoms with van der Waals surface area (Å²) in [7, 11) is 0. The van der Waals surface area contributed by atoms with E-state index >= 15 is 0 Å². The second-order valence-corrected chi connectivity index (χ2v) is 4.22. The molecular weight excluding hydrogens is 266 g/mol. The Hall–Kier alpha value is -1.82. The van der Waals surface area contributed by atoms with Gasteiger partial charge in [-0.05, 0) is 31.5 Å². The Morgan fingerprint density at radius 2 is 2.05 bits per heavy atom. The van der Waals surface area contributed by atoms with Crippen molar-refractivity contribution < 1.29 is 4.42 Å². The number of halogens is 1. The maximum atomic E-state index is 5.92. The minimum atomic E-state index is 0.187. The number of nitrogens with one attached hydrogen (secondary N) is 1. The van der Waals surface area contributed by atoms with Crippen LogP contribution in [0, 0.1) is 0 Å². The lowest BCUT2D eigenvalue weighted by molar-refractivity contribution is 0.564. The predicted molar refractivity (Wildman–Crippen MR) is 74.4 cm³/mol. The molecule has 102 valence electrons. The molecule has 2 heterocycles. The Morgan fingerprint density at radius 1 is 1.26 bits per heavy atom. The fourth-order valence-electron chi connectivity index (χ4n) is 1.64. The van der Waals surface area contributed by atoms with Gasteiger partial charge in [0, 0.05) is 25.2 Å². The zero-order chi connectivity index (χ0) is 13.7. The van der Waals surface area contributed by atoms with E-state index in [0.29, 0.717) is 18.4 Å². The van der Waals surface area contributed by atoms with Gasteiger partial charge in [0.05, 0.1) is 12.5 Å². The molecule has 0 aromatic carbocycles. The van der Waals surface area contributed by atoms with Gasteiger partial charge < -0.3 is 14.6 Å². The third-order valence-corrected chi connectivity index (χ3v) is 2.84. The van der Waals surface area contributed by atoms with Crippen molar-refractivity contribution in [2.75, 3.05) is 23.3 Å². The van der Waals surface area contributed by atoms with Gasteiger partial charge in [-0.2, -0.15) is 15.0 Å². The molecule has 19 heavy (non-hydrogen) atoms. The van der Waals surface area contributed by atoms with E-state index in [1.165, 1.54) is 0 Å². The summed E-state index contributed by atoms with van der Waals surface area (Å²) in [5.41, 5.74) is 1.01. The molecule has 2 rings (SSSR count). The van der Waals surface area contributed by atoms with Crippen molar-refractivity contribution in [3.8, 4) is 0 Å². The van der Waals surface area contributed by atoms with Crippen LogP contribution in [0.5, 0.6) is 0 Å². The Labute approximate surface area is 116 Å². The van der Waals surface area contributed by atoms with Crippen molar-refractivity contribution in [3.63, 3.8) is 0 Å². The van der Waals surface area contributed by atoms with Gasteiger partial charge in [-0.3, -0.25) is 0 Å². The van der Waals surface area contributed by atoms with E-state index in [2.05, 4.69) is 20.3 Å². The molecular formula is C12H16ClN5O. The van der Waals surface area contributed by atoms with Crippen molar-refractivity contribution in [2.24, 2.45) is 0 Å². The lowest BCUT2D eigenvalue weighted by atomic mass is 10.3. The number of nitrogens with zero attached hydrogens (tertiary/aromatic N) is 4. The molecule has 0 saturated carbocycles. The van der Waals surface area contributed by atoms with Crippen molar-refractivity contribution in [2.45, 2.75) is 20.4 Å². The molecule has 0 aliphatic carbocycles. The van der Waals surface area contributed by atoms with Crippen molar-refractivity contribution >= 4 is 23.5 Å². The van der Waals surface area contributed by atoms with Crippen LogP contribution < -0.4 is 10.2 Å². The fraction of sp³-hybridized carbons (Fsp3) is 0.417. The number of rotatable bonds is 6. The van der Waals surface area contributed by atoms with E-state index in [0.717, 1.165) is 18.7 Å². The average molecular weight is 282 g/mol. The van der Waals surface area contributed by atoms with E-state index < -0.39 is 0 Å². The van der Waals surface area contributed by atoms with E-state index in [-0.39, 0.29) is 5.28 Å². The highest BCUT2D eigenvalue weighted by molar-refractivity contribution is 6.28. The molecule has 6 nitrogen and oxygen atoms in total. The summed E-state index contributed by atoms with van der Waals surface area (Å²) in [5.74, 6) is 1.04. The van der Waals surface area contributed by atoms with Crippen LogP contribution in [0.1, 0.15) is 19.4 Å². The normalized spacial score (nSPS) is 10.5. The van der Waals surface area contributed by atoms with Gasteiger partial charge >= 0.3 is 0 Å². The summed E-state index contributed by atoms with van der Waals surface area (Å²) in [4.78, 5) is 14.6. The van der Waals surface area contributed by atoms with Crippen LogP contribution in [-0.4, -0.2) is 28.0 Å². The Balaban J connectivity index is 2.12. The van der Waals surface area contributed by atoms with Crippen LogP contribution in [-0.2, 0) is 6.54 Å². The summed E-state index contributed by atoms with van der Waals surface area (Å²) in [6.45, 7) is 6.30. The molecule has 7 heteroatoms. The van der Waals surface area contributed by atoms with Crippen LogP contribution >= 0.6 is 11.6 Å². The van der Waals surface area contributed by atoms with Crippen LogP contribution in [0.25, 0.3) is 0 Å². The monoisotopic (exact) mass is 281 g/mol. The molecule has 0 atom stereocenters. The van der Waals surface area contributed by atoms with Gasteiger partial charge in [-0.25, -0.2) is 0 Å². The predicted octanol–water partition coefficient (Wildman–Crippen LogP) is 2.58. The SMILES string of the molecule is CCN(CC)c1nc(Cl)nc(NCc2ccoc2)n1. The number of furan rings is 1. The Bertz CT molecular complexity index is 513. The summed E-state index contributed by atoms with van der Waals surface area (Å²) in [6.07, 6.45) is 3.29. The van der Waals surface area contributed by atoms with Gasteiger partial charge in [0.15, 0.2) is 0 Å². The first kappa shape index (κ1) is 13.6. The van der Waals surface area contributed by atoms with Crippen molar-refractivity contribution in [3.05, 3.63) is 29.4 Å². The Morgan fingerprint density at radius 3 is 2.68 bits per heavy atom. The Kier molecular flexibility index (Phi) is 4.57. The highest BCUT2D eigenvalue weighted by Crippen LogP contribution is 2.14. The van der Waals surface area contributed by atoms with Gasteiger partial charge in [-0.15, -0.1) is 0 Å². The third-order valence-electron chi connectivity index (χ3n) is 2.67. The number of anilines is 2. The number of aromatic nitrogens is 3. The smallest absolute Gasteiger partial charge is 0.231 e. The van der Waals surface area contributed by atoms with Gasteiger partial charge in [0.2, 0.25) is 17.2 Å². The minimum Gasteiger partial charge on any atom is -0.472 e. The maximum Gasteiger partial charge on any atom is 0.231 e. The summed E-state index contributed by atoms with van der Waals surface area (Å²) < 4.78 is 5.00. The van der Waals surface area contributed by atoms with E-state index in [4.69, 9.17) is 16.0 Å². The zero-order valence-electron chi connectivity index (χ0n) is 10.9. The van der Waals surface area contributed by atoms with Gasteiger partial charge in [0.25, 0.3) is 0 Å². The highest BCUT2D eigenvalue weighted by atomic mass is 35.5. The molecule has 0 aliphatic heterocycles. The van der Waals surface area contributed by atoms with Crippen molar-refractivity contribution in [1.82, 2.24) is 15.0 Å². The van der Waals surface area contributed by atoms with E-state index in [1.807, 2.05) is 24.8 Å². The molecule has 0 bridgehead atoms. The lowest BCUT2D eigenvalue weighted by Crippen LogP contribution is -2.25. The van der Waals surface area contributed by atoms with Crippen molar-refractivity contribution in [1.29, 1.82) is 0 Å². The molecule has 0 aliphatic rings. The first-order valence-electron chi connectivity index (χ1n) is 6.14. The summed E-state index contributed by atoms with van der Waals surface area (Å²) in [6, 6.07) is 1.88. The van der Waals surface area contributed by atoms with Gasteiger partial charge in [0.1, 0.15) is 0 Å². The lowest BCUT2D eigenvalue weighted by Gasteiger charge is -2.18. The molecule has 0 saturated heterocycles. The average Bonchev–Trinajstić information content (AvgIpc) is 2.90. The fourth-order valence-corrected chi connectivity index (χ4v) is 1.80. The second-order valence-electron chi connectivity index (χ2n) is 3.89. The molecule has 0 amide bonds. The first-order chi connectivity index (χ1) is 9.22. The summed E-state index contributed by atoms with van der Waals surface area (Å²) >= 11 is 5.92. The maximum absolute atomic E-state index is 5.92. The van der Waals surface area contributed by atoms with E-state index in [9.17, 15) is 0 Å². The minimum absolute atomic E-state index is 0.187. The van der Waals surface area contributed by atoms with E-state index in [1.54, 1.807) is 12.5 Å². The first-order valence-corrected chi connectivity index (χ1v) is 6.52. The standard InChI is InChI=1S/C12H16ClN5O/c1-3-18(4-2)12-16-10(13)15-11(17-12)14-7-9-5-6-19-8-9/h5-6,8H,3-4,7H2,1-2H3,(H,14,15,16,17). The van der Waals surface area contributed by atoms with Crippen LogP contribution in [0.3, 0.4) is 0 Å². The molecule has 0 spiro atoms. The number of hydrogen-bond acceptors (Lipinski definition) is 6. The quantitative estimate of drug-likeness (QED) is 0.878. The topological polar surface area (TPSA) is 67.1 Å². The zero-order valence-corrected chi connectivity index (χ0v) is 11.7. The van der Waals surface area contributed by atoms with Gasteiger partial charge in [-0.1, -0.05) is 0 Å². The molecule has 1 N–H and O–H groups in total. The molecule has 2 aromatic rings. The molecule has 0 fully saturated rings. The van der Waals surface area contributed by atoms with Crippen LogP contribution in [0.15, 0.2) is 23.0 Å².